The lowest BCUT2D eigenvalue weighted by Crippen LogP contribution is -2.44. The predicted molar refractivity (Wildman–Crippen MR) is 125 cm³/mol. The zero-order chi connectivity index (χ0) is 22.6. The standard InChI is InChI=1S/C26H30N4O/c1-6-19-13-20(17-27)15-22(14-19)25(31)28-23-8-7-21(24(16-23)26(2,3)4)18-30-11-9-29(5)10-12-30/h1,7-8,13-16H,9-12,18H2,2-5H3,(H,28,31). The molecule has 1 N–H and O–H groups in total. The number of nitrogens with zero attached hydrogens (tertiary/aromatic N) is 3. The largest absolute Gasteiger partial charge is 0.322 e. The molecule has 0 unspecified atom stereocenters. The third kappa shape index (κ3) is 5.73. The molecule has 1 amide bonds. The summed E-state index contributed by atoms with van der Waals surface area (Å²) in [4.78, 5) is 17.7. The summed E-state index contributed by atoms with van der Waals surface area (Å²) in [5, 5.41) is 12.2. The van der Waals surface area contributed by atoms with Gasteiger partial charge in [-0.25, -0.2) is 0 Å². The maximum absolute atomic E-state index is 12.8. The van der Waals surface area contributed by atoms with Crippen LogP contribution in [0.5, 0.6) is 0 Å². The second kappa shape index (κ2) is 9.35. The molecule has 0 radical (unpaired) electrons. The lowest BCUT2D eigenvalue weighted by molar-refractivity contribution is 0.102. The number of benzene rings is 2. The number of likely N-dealkylation sites (N-methyl/N-ethyl adjacent to an activating group) is 1. The van der Waals surface area contributed by atoms with Crippen molar-refractivity contribution in [3.05, 3.63) is 64.2 Å². The van der Waals surface area contributed by atoms with E-state index in [-0.39, 0.29) is 11.3 Å². The Bertz CT molecular complexity index is 1010. The van der Waals surface area contributed by atoms with Crippen molar-refractivity contribution in [2.45, 2.75) is 32.7 Å². The number of terminal acetylenes is 1. The molecular weight excluding hydrogens is 384 g/mol. The van der Waals surface area contributed by atoms with Gasteiger partial charge in [0.25, 0.3) is 5.91 Å². The van der Waals surface area contributed by atoms with Crippen LogP contribution in [-0.4, -0.2) is 48.9 Å². The van der Waals surface area contributed by atoms with Crippen molar-refractivity contribution < 1.29 is 4.79 Å². The molecule has 160 valence electrons. The first-order valence-electron chi connectivity index (χ1n) is 10.6. The Morgan fingerprint density at radius 3 is 2.39 bits per heavy atom. The van der Waals surface area contributed by atoms with Gasteiger partial charge in [0.05, 0.1) is 11.6 Å². The van der Waals surface area contributed by atoms with Crippen LogP contribution in [0.2, 0.25) is 0 Å². The molecule has 0 saturated carbocycles. The maximum atomic E-state index is 12.8. The Morgan fingerprint density at radius 2 is 1.77 bits per heavy atom. The molecule has 0 aromatic heterocycles. The maximum Gasteiger partial charge on any atom is 0.255 e. The predicted octanol–water partition coefficient (Wildman–Crippen LogP) is 3.84. The van der Waals surface area contributed by atoms with Crippen molar-refractivity contribution in [3.8, 4) is 18.4 Å². The Kier molecular flexibility index (Phi) is 6.81. The van der Waals surface area contributed by atoms with Crippen molar-refractivity contribution in [2.75, 3.05) is 38.5 Å². The molecule has 0 atom stereocenters. The van der Waals surface area contributed by atoms with E-state index in [1.165, 1.54) is 11.1 Å². The smallest absolute Gasteiger partial charge is 0.255 e. The van der Waals surface area contributed by atoms with Crippen molar-refractivity contribution in [2.24, 2.45) is 0 Å². The topological polar surface area (TPSA) is 59.4 Å². The molecular formula is C26H30N4O. The number of carbonyl (C=O) groups excluding carboxylic acids is 1. The summed E-state index contributed by atoms with van der Waals surface area (Å²) in [5.74, 6) is 2.22. The van der Waals surface area contributed by atoms with Gasteiger partial charge in [0.2, 0.25) is 0 Å². The average molecular weight is 415 g/mol. The molecule has 31 heavy (non-hydrogen) atoms. The van der Waals surface area contributed by atoms with Gasteiger partial charge >= 0.3 is 0 Å². The van der Waals surface area contributed by atoms with Crippen LogP contribution in [0.15, 0.2) is 36.4 Å². The van der Waals surface area contributed by atoms with Crippen LogP contribution in [0.1, 0.15) is 53.4 Å². The van der Waals surface area contributed by atoms with Crippen molar-refractivity contribution in [1.82, 2.24) is 9.80 Å². The first-order valence-corrected chi connectivity index (χ1v) is 10.6. The van der Waals surface area contributed by atoms with E-state index < -0.39 is 0 Å². The summed E-state index contributed by atoms with van der Waals surface area (Å²) < 4.78 is 0. The fourth-order valence-corrected chi connectivity index (χ4v) is 3.85. The van der Waals surface area contributed by atoms with Gasteiger partial charge in [-0.3, -0.25) is 9.69 Å². The number of piperazine rings is 1. The summed E-state index contributed by atoms with van der Waals surface area (Å²) in [6.45, 7) is 11.8. The number of nitrogens with one attached hydrogen (secondary N) is 1. The highest BCUT2D eigenvalue weighted by molar-refractivity contribution is 6.04. The summed E-state index contributed by atoms with van der Waals surface area (Å²) in [6, 6.07) is 13.0. The van der Waals surface area contributed by atoms with Crippen molar-refractivity contribution >= 4 is 11.6 Å². The number of hydrogen-bond acceptors (Lipinski definition) is 4. The van der Waals surface area contributed by atoms with Gasteiger partial charge in [-0.2, -0.15) is 5.26 Å². The van der Waals surface area contributed by atoms with Gasteiger partial charge in [0, 0.05) is 49.5 Å². The van der Waals surface area contributed by atoms with E-state index in [1.807, 2.05) is 6.07 Å². The zero-order valence-electron chi connectivity index (χ0n) is 18.8. The second-order valence-corrected chi connectivity index (χ2v) is 9.21. The quantitative estimate of drug-likeness (QED) is 0.773. The summed E-state index contributed by atoms with van der Waals surface area (Å²) in [6.07, 6.45) is 5.47. The van der Waals surface area contributed by atoms with Crippen LogP contribution in [-0.2, 0) is 12.0 Å². The molecule has 0 bridgehead atoms. The summed E-state index contributed by atoms with van der Waals surface area (Å²) >= 11 is 0. The van der Waals surface area contributed by atoms with E-state index in [0.29, 0.717) is 16.7 Å². The van der Waals surface area contributed by atoms with E-state index >= 15 is 0 Å². The third-order valence-corrected chi connectivity index (χ3v) is 5.66. The molecule has 5 nitrogen and oxygen atoms in total. The Morgan fingerprint density at radius 1 is 1.10 bits per heavy atom. The molecule has 2 aromatic rings. The lowest BCUT2D eigenvalue weighted by Gasteiger charge is -2.34. The molecule has 1 saturated heterocycles. The highest BCUT2D eigenvalue weighted by Gasteiger charge is 2.22. The van der Waals surface area contributed by atoms with Gasteiger partial charge < -0.3 is 10.2 Å². The van der Waals surface area contributed by atoms with E-state index in [9.17, 15) is 10.1 Å². The molecule has 1 heterocycles. The van der Waals surface area contributed by atoms with Gasteiger partial charge in [0.1, 0.15) is 0 Å². The highest BCUT2D eigenvalue weighted by Crippen LogP contribution is 2.30. The van der Waals surface area contributed by atoms with Gasteiger partial charge in [-0.15, -0.1) is 6.42 Å². The molecule has 1 aliphatic heterocycles. The number of hydrogen-bond donors (Lipinski definition) is 1. The molecule has 1 aliphatic rings. The minimum atomic E-state index is -0.278. The Balaban J connectivity index is 1.83. The van der Waals surface area contributed by atoms with Crippen molar-refractivity contribution in [1.29, 1.82) is 5.26 Å². The van der Waals surface area contributed by atoms with E-state index in [4.69, 9.17) is 6.42 Å². The number of rotatable bonds is 4. The van der Waals surface area contributed by atoms with Gasteiger partial charge in [-0.05, 0) is 53.9 Å². The summed E-state index contributed by atoms with van der Waals surface area (Å²) in [7, 11) is 2.16. The summed E-state index contributed by atoms with van der Waals surface area (Å²) in [5.41, 5.74) is 4.46. The van der Waals surface area contributed by atoms with Crippen molar-refractivity contribution in [3.63, 3.8) is 0 Å². The van der Waals surface area contributed by atoms with E-state index in [2.05, 4.69) is 67.1 Å². The second-order valence-electron chi connectivity index (χ2n) is 9.21. The van der Waals surface area contributed by atoms with Crippen LogP contribution in [0.4, 0.5) is 5.69 Å². The minimum absolute atomic E-state index is 0.0555. The van der Waals surface area contributed by atoms with Gasteiger partial charge in [0.15, 0.2) is 0 Å². The van der Waals surface area contributed by atoms with Crippen LogP contribution < -0.4 is 5.32 Å². The monoisotopic (exact) mass is 414 g/mol. The first kappa shape index (κ1) is 22.6. The van der Waals surface area contributed by atoms with Crippen LogP contribution in [0.3, 0.4) is 0 Å². The Hall–Kier alpha value is -3.12. The fraction of sp³-hybridized carbons (Fsp3) is 0.385. The molecule has 5 heteroatoms. The average Bonchev–Trinajstić information content (AvgIpc) is 2.75. The molecule has 2 aromatic carbocycles. The highest BCUT2D eigenvalue weighted by atomic mass is 16.1. The SMILES string of the molecule is C#Cc1cc(C#N)cc(C(=O)Nc2ccc(CN3CCN(C)CC3)c(C(C)(C)C)c2)c1. The molecule has 3 rings (SSSR count). The molecule has 1 fully saturated rings. The van der Waals surface area contributed by atoms with E-state index in [0.717, 1.165) is 38.4 Å². The fourth-order valence-electron chi connectivity index (χ4n) is 3.85. The van der Waals surface area contributed by atoms with E-state index in [1.54, 1.807) is 18.2 Å². The molecule has 0 aliphatic carbocycles. The molecule has 0 spiro atoms. The number of anilines is 1. The number of carbonyl (C=O) groups is 1. The van der Waals surface area contributed by atoms with Crippen LogP contribution in [0.25, 0.3) is 0 Å². The number of amides is 1. The Labute approximate surface area is 185 Å². The normalized spacial score (nSPS) is 15.2. The minimum Gasteiger partial charge on any atom is -0.322 e. The third-order valence-electron chi connectivity index (χ3n) is 5.66. The van der Waals surface area contributed by atoms with Crippen LogP contribution >= 0.6 is 0 Å². The van der Waals surface area contributed by atoms with Crippen LogP contribution in [0, 0.1) is 23.7 Å². The number of nitriles is 1. The first-order chi connectivity index (χ1) is 14.7. The zero-order valence-corrected chi connectivity index (χ0v) is 18.8. The van der Waals surface area contributed by atoms with Gasteiger partial charge in [-0.1, -0.05) is 32.8 Å². The lowest BCUT2D eigenvalue weighted by atomic mass is 9.83.